The third-order valence-corrected chi connectivity index (χ3v) is 6.46. The van der Waals surface area contributed by atoms with Gasteiger partial charge in [0.25, 0.3) is 10.0 Å². The highest BCUT2D eigenvalue weighted by Crippen LogP contribution is 2.21. The molecule has 5 nitrogen and oxygen atoms in total. The summed E-state index contributed by atoms with van der Waals surface area (Å²) < 4.78 is 27.9. The summed E-state index contributed by atoms with van der Waals surface area (Å²) in [6.07, 6.45) is 0.266. The number of carbonyl (C=O) groups is 1. The maximum atomic E-state index is 12.6. The summed E-state index contributed by atoms with van der Waals surface area (Å²) in [6, 6.07) is 17.6. The van der Waals surface area contributed by atoms with Crippen LogP contribution in [0.3, 0.4) is 0 Å². The minimum absolute atomic E-state index is 0.133. The maximum absolute atomic E-state index is 12.6. The Kier molecular flexibility index (Phi) is 6.27. The summed E-state index contributed by atoms with van der Waals surface area (Å²) >= 11 is 0. The van der Waals surface area contributed by atoms with Gasteiger partial charge in [0.1, 0.15) is 0 Å². The molecule has 2 N–H and O–H groups in total. The van der Waals surface area contributed by atoms with Gasteiger partial charge >= 0.3 is 0 Å². The van der Waals surface area contributed by atoms with E-state index in [1.165, 1.54) is 12.1 Å². The van der Waals surface area contributed by atoms with Crippen molar-refractivity contribution in [2.75, 3.05) is 10.0 Å². The van der Waals surface area contributed by atoms with Crippen molar-refractivity contribution in [1.29, 1.82) is 0 Å². The molecule has 0 saturated heterocycles. The van der Waals surface area contributed by atoms with E-state index in [0.717, 1.165) is 27.8 Å². The molecule has 0 spiro atoms. The van der Waals surface area contributed by atoms with Gasteiger partial charge in [0.15, 0.2) is 0 Å². The van der Waals surface area contributed by atoms with Crippen molar-refractivity contribution in [3.05, 3.63) is 88.5 Å². The molecule has 0 aromatic heterocycles. The van der Waals surface area contributed by atoms with Crippen LogP contribution in [0.5, 0.6) is 0 Å². The Morgan fingerprint density at radius 3 is 2.07 bits per heavy atom. The zero-order valence-electron chi connectivity index (χ0n) is 17.6. The van der Waals surface area contributed by atoms with Crippen LogP contribution < -0.4 is 10.0 Å². The Hall–Kier alpha value is -3.12. The molecule has 1 amide bonds. The maximum Gasteiger partial charge on any atom is 0.261 e. The van der Waals surface area contributed by atoms with Crippen LogP contribution in [0.4, 0.5) is 11.4 Å². The molecule has 156 valence electrons. The lowest BCUT2D eigenvalue weighted by Gasteiger charge is -2.11. The lowest BCUT2D eigenvalue weighted by atomic mass is 10.0. The van der Waals surface area contributed by atoms with Gasteiger partial charge in [-0.1, -0.05) is 29.8 Å². The first kappa shape index (κ1) is 21.6. The normalized spacial score (nSPS) is 11.2. The average Bonchev–Trinajstić information content (AvgIpc) is 2.68. The topological polar surface area (TPSA) is 75.3 Å². The fraction of sp³-hybridized carbons (Fsp3) is 0.208. The molecule has 0 fully saturated rings. The van der Waals surface area contributed by atoms with E-state index in [1.54, 1.807) is 24.3 Å². The summed E-state index contributed by atoms with van der Waals surface area (Å²) in [4.78, 5) is 12.5. The lowest BCUT2D eigenvalue weighted by molar-refractivity contribution is -0.115. The molecule has 6 heteroatoms. The van der Waals surface area contributed by atoms with E-state index in [-0.39, 0.29) is 17.2 Å². The third kappa shape index (κ3) is 5.27. The summed E-state index contributed by atoms with van der Waals surface area (Å²) in [7, 11) is -3.71. The second-order valence-electron chi connectivity index (χ2n) is 7.58. The van der Waals surface area contributed by atoms with Crippen molar-refractivity contribution in [1.82, 2.24) is 0 Å². The molecule has 0 radical (unpaired) electrons. The highest BCUT2D eigenvalue weighted by Gasteiger charge is 2.15. The number of nitrogens with one attached hydrogen (secondary N) is 2. The molecule has 0 atom stereocenters. The average molecular weight is 423 g/mol. The zero-order valence-corrected chi connectivity index (χ0v) is 18.4. The summed E-state index contributed by atoms with van der Waals surface area (Å²) in [5.41, 5.74) is 6.32. The van der Waals surface area contributed by atoms with E-state index in [9.17, 15) is 13.2 Å². The first-order valence-corrected chi connectivity index (χ1v) is 11.2. The van der Waals surface area contributed by atoms with Gasteiger partial charge in [0.2, 0.25) is 5.91 Å². The predicted octanol–water partition coefficient (Wildman–Crippen LogP) is 4.90. The van der Waals surface area contributed by atoms with Crippen molar-refractivity contribution in [2.45, 2.75) is 39.0 Å². The Balaban J connectivity index is 1.68. The van der Waals surface area contributed by atoms with Gasteiger partial charge in [0.05, 0.1) is 11.3 Å². The standard InChI is InChI=1S/C24H26N2O3S/c1-16-5-6-18(3)20(13-16)15-24(27)25-21-9-11-23(12-10-21)30(28,29)26-22-8-7-17(2)19(4)14-22/h5-14,26H,15H2,1-4H3,(H,25,27). The fourth-order valence-electron chi connectivity index (χ4n) is 3.11. The molecule has 3 rings (SSSR count). The van der Waals surface area contributed by atoms with Gasteiger partial charge in [-0.05, 0) is 86.3 Å². The minimum atomic E-state index is -3.71. The number of aryl methyl sites for hydroxylation is 4. The van der Waals surface area contributed by atoms with Gasteiger partial charge in [-0.3, -0.25) is 9.52 Å². The molecule has 30 heavy (non-hydrogen) atoms. The summed E-state index contributed by atoms with van der Waals surface area (Å²) in [5.74, 6) is -0.146. The molecule has 0 saturated carbocycles. The van der Waals surface area contributed by atoms with E-state index in [0.29, 0.717) is 11.4 Å². The number of hydrogen-bond donors (Lipinski definition) is 2. The van der Waals surface area contributed by atoms with Crippen LogP contribution in [0.15, 0.2) is 65.6 Å². The Morgan fingerprint density at radius 2 is 1.40 bits per heavy atom. The predicted molar refractivity (Wildman–Crippen MR) is 121 cm³/mol. The van der Waals surface area contributed by atoms with E-state index >= 15 is 0 Å². The van der Waals surface area contributed by atoms with Crippen molar-refractivity contribution >= 4 is 27.3 Å². The van der Waals surface area contributed by atoms with Gasteiger partial charge < -0.3 is 5.32 Å². The van der Waals surface area contributed by atoms with E-state index in [4.69, 9.17) is 0 Å². The third-order valence-electron chi connectivity index (χ3n) is 5.06. The molecule has 0 aliphatic rings. The van der Waals surface area contributed by atoms with Crippen molar-refractivity contribution < 1.29 is 13.2 Å². The number of rotatable bonds is 6. The highest BCUT2D eigenvalue weighted by atomic mass is 32.2. The molecule has 0 bridgehead atoms. The van der Waals surface area contributed by atoms with Crippen molar-refractivity contribution in [3.8, 4) is 0 Å². The number of carbonyl (C=O) groups excluding carboxylic acids is 1. The van der Waals surface area contributed by atoms with Crippen LogP contribution in [0.1, 0.15) is 27.8 Å². The quantitative estimate of drug-likeness (QED) is 0.593. The Morgan fingerprint density at radius 1 is 0.767 bits per heavy atom. The second-order valence-corrected chi connectivity index (χ2v) is 9.27. The van der Waals surface area contributed by atoms with Crippen molar-refractivity contribution in [3.63, 3.8) is 0 Å². The zero-order chi connectivity index (χ0) is 21.9. The van der Waals surface area contributed by atoms with E-state index < -0.39 is 10.0 Å². The summed E-state index contributed by atoms with van der Waals surface area (Å²) in [5, 5.41) is 2.82. The Bertz CT molecular complexity index is 1180. The number of sulfonamides is 1. The van der Waals surface area contributed by atoms with Crippen molar-refractivity contribution in [2.24, 2.45) is 0 Å². The smallest absolute Gasteiger partial charge is 0.261 e. The Labute approximate surface area is 178 Å². The molecule has 3 aromatic carbocycles. The van der Waals surface area contributed by atoms with Crippen LogP contribution in [0.2, 0.25) is 0 Å². The molecule has 0 aliphatic carbocycles. The van der Waals surface area contributed by atoms with Gasteiger partial charge in [-0.25, -0.2) is 8.42 Å². The van der Waals surface area contributed by atoms with Gasteiger partial charge in [0, 0.05) is 11.4 Å². The summed E-state index contributed by atoms with van der Waals surface area (Å²) in [6.45, 7) is 7.87. The molecule has 3 aromatic rings. The highest BCUT2D eigenvalue weighted by molar-refractivity contribution is 7.92. The largest absolute Gasteiger partial charge is 0.326 e. The van der Waals surface area contributed by atoms with Crippen LogP contribution in [-0.2, 0) is 21.2 Å². The van der Waals surface area contributed by atoms with Crippen LogP contribution in [0, 0.1) is 27.7 Å². The van der Waals surface area contributed by atoms with Crippen LogP contribution in [0.25, 0.3) is 0 Å². The SMILES string of the molecule is Cc1ccc(C)c(CC(=O)Nc2ccc(S(=O)(=O)Nc3ccc(C)c(C)c3)cc2)c1. The van der Waals surface area contributed by atoms with E-state index in [2.05, 4.69) is 10.0 Å². The number of amides is 1. The van der Waals surface area contributed by atoms with Crippen LogP contribution >= 0.6 is 0 Å². The first-order chi connectivity index (χ1) is 14.1. The number of hydrogen-bond acceptors (Lipinski definition) is 3. The fourth-order valence-corrected chi connectivity index (χ4v) is 4.15. The molecule has 0 heterocycles. The molecule has 0 unspecified atom stereocenters. The lowest BCUT2D eigenvalue weighted by Crippen LogP contribution is -2.16. The van der Waals surface area contributed by atoms with Crippen LogP contribution in [-0.4, -0.2) is 14.3 Å². The second kappa shape index (κ2) is 8.71. The molecular weight excluding hydrogens is 396 g/mol. The first-order valence-electron chi connectivity index (χ1n) is 9.70. The van der Waals surface area contributed by atoms with E-state index in [1.807, 2.05) is 52.0 Å². The number of benzene rings is 3. The molecular formula is C24H26N2O3S. The van der Waals surface area contributed by atoms with Gasteiger partial charge in [-0.15, -0.1) is 0 Å². The monoisotopic (exact) mass is 422 g/mol. The number of anilines is 2. The minimum Gasteiger partial charge on any atom is -0.326 e. The van der Waals surface area contributed by atoms with Gasteiger partial charge in [-0.2, -0.15) is 0 Å². The molecule has 0 aliphatic heterocycles.